The average Bonchev–Trinajstić information content (AvgIpc) is 1.98. The minimum atomic E-state index is 0. The number of rotatable bonds is 2. The molecule has 1 heterocycles. The SMILES string of the molecule is CCCc1c[n+](C)ccc1C.[I-]. The first-order valence-corrected chi connectivity index (χ1v) is 4.18. The first-order valence-electron chi connectivity index (χ1n) is 4.18. The number of aryl methyl sites for hydroxylation is 3. The summed E-state index contributed by atoms with van der Waals surface area (Å²) >= 11 is 0. The van der Waals surface area contributed by atoms with Crippen LogP contribution in [0.2, 0.25) is 0 Å². The summed E-state index contributed by atoms with van der Waals surface area (Å²) in [5, 5.41) is 0. The van der Waals surface area contributed by atoms with Crippen LogP contribution in [-0.4, -0.2) is 0 Å². The van der Waals surface area contributed by atoms with Crippen molar-refractivity contribution in [1.82, 2.24) is 0 Å². The van der Waals surface area contributed by atoms with E-state index in [1.165, 1.54) is 24.0 Å². The number of halogens is 1. The van der Waals surface area contributed by atoms with Crippen molar-refractivity contribution >= 4 is 0 Å². The lowest BCUT2D eigenvalue weighted by Gasteiger charge is -1.99. The van der Waals surface area contributed by atoms with Crippen molar-refractivity contribution in [3.63, 3.8) is 0 Å². The van der Waals surface area contributed by atoms with E-state index in [4.69, 9.17) is 0 Å². The largest absolute Gasteiger partial charge is 1.00 e. The Balaban J connectivity index is 0.00000121. The summed E-state index contributed by atoms with van der Waals surface area (Å²) in [6, 6.07) is 2.17. The smallest absolute Gasteiger partial charge is 0.171 e. The highest BCUT2D eigenvalue weighted by molar-refractivity contribution is 5.18. The highest BCUT2D eigenvalue weighted by Crippen LogP contribution is 2.05. The molecule has 12 heavy (non-hydrogen) atoms. The molecule has 0 fully saturated rings. The molecular weight excluding hydrogens is 261 g/mol. The lowest BCUT2D eigenvalue weighted by Crippen LogP contribution is -3.00. The third-order valence-corrected chi connectivity index (χ3v) is 1.94. The maximum Gasteiger partial charge on any atom is 0.171 e. The maximum absolute atomic E-state index is 2.21. The van der Waals surface area contributed by atoms with Crippen molar-refractivity contribution in [2.24, 2.45) is 7.05 Å². The van der Waals surface area contributed by atoms with Gasteiger partial charge in [0.2, 0.25) is 0 Å². The van der Waals surface area contributed by atoms with Crippen molar-refractivity contribution in [2.75, 3.05) is 0 Å². The van der Waals surface area contributed by atoms with Crippen LogP contribution >= 0.6 is 0 Å². The monoisotopic (exact) mass is 277 g/mol. The lowest BCUT2D eigenvalue weighted by atomic mass is 10.1. The van der Waals surface area contributed by atoms with Gasteiger partial charge in [-0.05, 0) is 18.9 Å². The molecule has 0 N–H and O–H groups in total. The molecule has 68 valence electrons. The third-order valence-electron chi connectivity index (χ3n) is 1.94. The third kappa shape index (κ3) is 3.09. The summed E-state index contributed by atoms with van der Waals surface area (Å²) in [7, 11) is 2.07. The molecule has 0 atom stereocenters. The van der Waals surface area contributed by atoms with Crippen LogP contribution in [0.25, 0.3) is 0 Å². The zero-order chi connectivity index (χ0) is 8.27. The van der Waals surface area contributed by atoms with E-state index in [0.717, 1.165) is 0 Å². The van der Waals surface area contributed by atoms with E-state index >= 15 is 0 Å². The average molecular weight is 277 g/mol. The van der Waals surface area contributed by atoms with Gasteiger partial charge in [0.05, 0.1) is 0 Å². The normalized spacial score (nSPS) is 9.25. The minimum Gasteiger partial charge on any atom is -1.00 e. The first-order chi connectivity index (χ1) is 5.24. The van der Waals surface area contributed by atoms with E-state index in [1.807, 2.05) is 0 Å². The maximum atomic E-state index is 2.21. The molecule has 0 amide bonds. The van der Waals surface area contributed by atoms with Crippen LogP contribution in [0.1, 0.15) is 24.5 Å². The Morgan fingerprint density at radius 3 is 2.67 bits per heavy atom. The summed E-state index contributed by atoms with van der Waals surface area (Å²) in [4.78, 5) is 0. The Labute approximate surface area is 91.8 Å². The molecule has 1 aromatic heterocycles. The molecule has 0 saturated heterocycles. The molecule has 0 bridgehead atoms. The zero-order valence-electron chi connectivity index (χ0n) is 7.97. The van der Waals surface area contributed by atoms with Gasteiger partial charge >= 0.3 is 0 Å². The second kappa shape index (κ2) is 5.51. The molecule has 0 aliphatic heterocycles. The standard InChI is InChI=1S/C10H16N.HI/c1-4-5-10-8-11(3)7-6-9(10)2;/h6-8H,4-5H2,1-3H3;1H/q+1;/p-1. The Morgan fingerprint density at radius 2 is 2.08 bits per heavy atom. The molecule has 1 rings (SSSR count). The van der Waals surface area contributed by atoms with Gasteiger partial charge in [-0.15, -0.1) is 0 Å². The minimum absolute atomic E-state index is 0. The molecule has 0 aliphatic rings. The Kier molecular flexibility index (Phi) is 5.46. The van der Waals surface area contributed by atoms with Gasteiger partial charge in [-0.2, -0.15) is 0 Å². The van der Waals surface area contributed by atoms with E-state index < -0.39 is 0 Å². The second-order valence-electron chi connectivity index (χ2n) is 3.07. The predicted molar refractivity (Wildman–Crippen MR) is 46.4 cm³/mol. The quantitative estimate of drug-likeness (QED) is 0.471. The van der Waals surface area contributed by atoms with Crippen LogP contribution in [0.15, 0.2) is 18.5 Å². The van der Waals surface area contributed by atoms with E-state index in [2.05, 4.69) is 43.9 Å². The highest BCUT2D eigenvalue weighted by Gasteiger charge is 2.00. The van der Waals surface area contributed by atoms with Crippen molar-refractivity contribution < 1.29 is 28.5 Å². The van der Waals surface area contributed by atoms with E-state index in [-0.39, 0.29) is 24.0 Å². The number of pyridine rings is 1. The van der Waals surface area contributed by atoms with Crippen molar-refractivity contribution in [3.05, 3.63) is 29.6 Å². The van der Waals surface area contributed by atoms with Gasteiger partial charge in [0.25, 0.3) is 0 Å². The fraction of sp³-hybridized carbons (Fsp3) is 0.500. The van der Waals surface area contributed by atoms with Crippen LogP contribution in [0.4, 0.5) is 0 Å². The summed E-state index contributed by atoms with van der Waals surface area (Å²) in [6.07, 6.45) is 6.72. The number of nitrogens with zero attached hydrogens (tertiary/aromatic N) is 1. The van der Waals surface area contributed by atoms with Crippen molar-refractivity contribution in [2.45, 2.75) is 26.7 Å². The lowest BCUT2D eigenvalue weighted by molar-refractivity contribution is -0.672. The first kappa shape index (κ1) is 11.9. The summed E-state index contributed by atoms with van der Waals surface area (Å²) in [5.74, 6) is 0. The Morgan fingerprint density at radius 1 is 1.42 bits per heavy atom. The number of hydrogen-bond acceptors (Lipinski definition) is 0. The van der Waals surface area contributed by atoms with Gasteiger partial charge in [0.15, 0.2) is 12.4 Å². The van der Waals surface area contributed by atoms with Gasteiger partial charge < -0.3 is 24.0 Å². The molecule has 1 nitrogen and oxygen atoms in total. The molecule has 0 radical (unpaired) electrons. The van der Waals surface area contributed by atoms with Gasteiger partial charge in [-0.25, -0.2) is 4.57 Å². The van der Waals surface area contributed by atoms with Crippen LogP contribution in [0, 0.1) is 6.92 Å². The van der Waals surface area contributed by atoms with Gasteiger partial charge in [0, 0.05) is 11.6 Å². The van der Waals surface area contributed by atoms with Crippen molar-refractivity contribution in [3.8, 4) is 0 Å². The highest BCUT2D eigenvalue weighted by atomic mass is 127. The summed E-state index contributed by atoms with van der Waals surface area (Å²) in [5.41, 5.74) is 2.88. The van der Waals surface area contributed by atoms with Crippen LogP contribution in [0.3, 0.4) is 0 Å². The molecule has 0 unspecified atom stereocenters. The van der Waals surface area contributed by atoms with Gasteiger partial charge in [-0.3, -0.25) is 0 Å². The topological polar surface area (TPSA) is 3.88 Å². The Hall–Kier alpha value is -0.120. The zero-order valence-corrected chi connectivity index (χ0v) is 10.1. The van der Waals surface area contributed by atoms with Crippen LogP contribution in [0.5, 0.6) is 0 Å². The van der Waals surface area contributed by atoms with Gasteiger partial charge in [0.1, 0.15) is 7.05 Å². The van der Waals surface area contributed by atoms with Gasteiger partial charge in [-0.1, -0.05) is 13.3 Å². The molecule has 0 spiro atoms. The molecular formula is C10H16IN. The molecule has 0 aliphatic carbocycles. The molecule has 2 heteroatoms. The molecule has 0 aromatic carbocycles. The van der Waals surface area contributed by atoms with E-state index in [1.54, 1.807) is 0 Å². The predicted octanol–water partition coefficient (Wildman–Crippen LogP) is -1.22. The molecule has 1 aromatic rings. The number of hydrogen-bond donors (Lipinski definition) is 0. The fourth-order valence-corrected chi connectivity index (χ4v) is 1.26. The van der Waals surface area contributed by atoms with E-state index in [9.17, 15) is 0 Å². The van der Waals surface area contributed by atoms with Crippen LogP contribution < -0.4 is 28.5 Å². The van der Waals surface area contributed by atoms with E-state index in [0.29, 0.717) is 0 Å². The summed E-state index contributed by atoms with van der Waals surface area (Å²) < 4.78 is 2.11. The summed E-state index contributed by atoms with van der Waals surface area (Å²) in [6.45, 7) is 4.39. The molecule has 0 saturated carbocycles. The number of aromatic nitrogens is 1. The second-order valence-corrected chi connectivity index (χ2v) is 3.07. The van der Waals surface area contributed by atoms with Crippen LogP contribution in [-0.2, 0) is 13.5 Å². The van der Waals surface area contributed by atoms with Crippen molar-refractivity contribution in [1.29, 1.82) is 0 Å². The Bertz CT molecular complexity index is 246. The fourth-order valence-electron chi connectivity index (χ4n) is 1.26.